The Morgan fingerprint density at radius 2 is 1.32 bits per heavy atom. The Bertz CT molecular complexity index is 1190. The van der Waals surface area contributed by atoms with Crippen molar-refractivity contribution in [3.05, 3.63) is 77.9 Å². The van der Waals surface area contributed by atoms with Crippen LogP contribution in [0.1, 0.15) is 102 Å². The molecule has 4 heteroatoms. The number of benzene rings is 3. The summed E-state index contributed by atoms with van der Waals surface area (Å²) >= 11 is 0. The first-order valence-electron chi connectivity index (χ1n) is 14.5. The van der Waals surface area contributed by atoms with Crippen LogP contribution in [0.3, 0.4) is 0 Å². The summed E-state index contributed by atoms with van der Waals surface area (Å²) in [6, 6.07) is 24.5. The van der Waals surface area contributed by atoms with Crippen molar-refractivity contribution in [2.45, 2.75) is 107 Å². The van der Waals surface area contributed by atoms with Crippen LogP contribution in [0.25, 0.3) is 10.8 Å². The normalized spacial score (nSPS) is 19.8. The lowest BCUT2D eigenvalue weighted by Crippen LogP contribution is -2.38. The molecule has 2 aliphatic rings. The molecule has 2 aliphatic carbocycles. The summed E-state index contributed by atoms with van der Waals surface area (Å²) in [6.07, 6.45) is 13.9. The van der Waals surface area contributed by atoms with Gasteiger partial charge >= 0.3 is 0 Å². The SMILES string of the molecule is CC(C)(C)S(=O)N[C@@H](c1ccc2ccccc2c1)c1ccccc1P(C1CCCCC1)C1CCCCC1. The second-order valence-corrected chi connectivity index (χ2v) is 16.8. The van der Waals surface area contributed by atoms with Crippen LogP contribution in [0, 0.1) is 0 Å². The molecule has 198 valence electrons. The third kappa shape index (κ3) is 6.38. The second kappa shape index (κ2) is 12.1. The molecule has 0 heterocycles. The van der Waals surface area contributed by atoms with Crippen LogP contribution in [-0.4, -0.2) is 20.3 Å². The molecule has 0 aliphatic heterocycles. The fourth-order valence-corrected chi connectivity index (χ4v) is 11.2. The summed E-state index contributed by atoms with van der Waals surface area (Å²) in [6.45, 7) is 6.20. The van der Waals surface area contributed by atoms with Crippen LogP contribution in [0.4, 0.5) is 0 Å². The van der Waals surface area contributed by atoms with Gasteiger partial charge in [0.05, 0.1) is 21.8 Å². The molecule has 1 N–H and O–H groups in total. The molecule has 2 fully saturated rings. The minimum Gasteiger partial charge on any atom is -0.242 e. The van der Waals surface area contributed by atoms with Crippen LogP contribution >= 0.6 is 7.92 Å². The van der Waals surface area contributed by atoms with Crippen molar-refractivity contribution in [3.8, 4) is 0 Å². The average Bonchev–Trinajstić information content (AvgIpc) is 2.92. The quantitative estimate of drug-likeness (QED) is 0.302. The summed E-state index contributed by atoms with van der Waals surface area (Å²) in [4.78, 5) is 0. The van der Waals surface area contributed by atoms with Crippen LogP contribution in [-0.2, 0) is 11.0 Å². The van der Waals surface area contributed by atoms with Gasteiger partial charge in [-0.25, -0.2) is 8.93 Å². The van der Waals surface area contributed by atoms with Gasteiger partial charge < -0.3 is 0 Å². The number of hydrogen-bond donors (Lipinski definition) is 1. The first kappa shape index (κ1) is 27.0. The summed E-state index contributed by atoms with van der Waals surface area (Å²) in [7, 11) is -1.44. The van der Waals surface area contributed by atoms with Crippen molar-refractivity contribution in [1.82, 2.24) is 4.72 Å². The molecule has 0 amide bonds. The van der Waals surface area contributed by atoms with Crippen molar-refractivity contribution >= 4 is 35.0 Å². The highest BCUT2D eigenvalue weighted by molar-refractivity contribution is 7.84. The van der Waals surface area contributed by atoms with Crippen molar-refractivity contribution in [2.24, 2.45) is 0 Å². The molecule has 37 heavy (non-hydrogen) atoms. The lowest BCUT2D eigenvalue weighted by atomic mass is 9.97. The zero-order valence-corrected chi connectivity index (χ0v) is 24.6. The van der Waals surface area contributed by atoms with Gasteiger partial charge in [-0.2, -0.15) is 0 Å². The Morgan fingerprint density at radius 3 is 1.95 bits per heavy atom. The Hall–Kier alpha value is -1.54. The van der Waals surface area contributed by atoms with E-state index in [0.29, 0.717) is 0 Å². The van der Waals surface area contributed by atoms with Gasteiger partial charge in [-0.3, -0.25) is 0 Å². The molecule has 0 bridgehead atoms. The first-order chi connectivity index (χ1) is 17.9. The van der Waals surface area contributed by atoms with Gasteiger partial charge in [-0.15, -0.1) is 0 Å². The first-order valence-corrected chi connectivity index (χ1v) is 17.1. The van der Waals surface area contributed by atoms with Crippen LogP contribution < -0.4 is 10.0 Å². The van der Waals surface area contributed by atoms with Gasteiger partial charge in [-0.05, 0) is 91.0 Å². The highest BCUT2D eigenvalue weighted by Crippen LogP contribution is 2.56. The van der Waals surface area contributed by atoms with Crippen LogP contribution in [0.5, 0.6) is 0 Å². The number of fused-ring (bicyclic) bond motifs is 1. The van der Waals surface area contributed by atoms with E-state index in [-0.39, 0.29) is 18.7 Å². The molecule has 2 saturated carbocycles. The fraction of sp³-hybridized carbons (Fsp3) is 0.515. The summed E-state index contributed by atoms with van der Waals surface area (Å²) in [5, 5.41) is 4.07. The molecule has 5 rings (SSSR count). The number of nitrogens with one attached hydrogen (secondary N) is 1. The van der Waals surface area contributed by atoms with E-state index in [4.69, 9.17) is 0 Å². The van der Waals surface area contributed by atoms with E-state index >= 15 is 0 Å². The van der Waals surface area contributed by atoms with E-state index in [2.05, 4.69) is 92.2 Å². The highest BCUT2D eigenvalue weighted by atomic mass is 32.2. The standard InChI is InChI=1S/C33H44NOPS/c1-33(2,3)37(35)34-32(27-23-22-25-14-10-11-15-26(25)24-27)30-20-12-13-21-31(30)36(28-16-6-4-7-17-28)29-18-8-5-9-19-29/h10-15,20-24,28-29,32,34H,4-9,16-19H2,1-3H3/t32-,37?/m0/s1. The maximum atomic E-state index is 13.6. The average molecular weight is 534 g/mol. The van der Waals surface area contributed by atoms with Gasteiger partial charge in [0.25, 0.3) is 0 Å². The highest BCUT2D eigenvalue weighted by Gasteiger charge is 2.35. The maximum Gasteiger partial charge on any atom is 0.0979 e. The third-order valence-corrected chi connectivity index (χ3v) is 13.5. The second-order valence-electron chi connectivity index (χ2n) is 12.1. The van der Waals surface area contributed by atoms with Gasteiger partial charge in [-0.1, -0.05) is 107 Å². The Balaban J connectivity index is 1.62. The molecule has 0 spiro atoms. The number of rotatable bonds is 7. The molecule has 1 unspecified atom stereocenters. The Morgan fingerprint density at radius 1 is 0.757 bits per heavy atom. The van der Waals surface area contributed by atoms with Crippen molar-refractivity contribution in [2.75, 3.05) is 0 Å². The Labute approximate surface area is 228 Å². The zero-order chi connectivity index (χ0) is 25.8. The predicted molar refractivity (Wildman–Crippen MR) is 164 cm³/mol. The Kier molecular flexibility index (Phi) is 8.85. The van der Waals surface area contributed by atoms with Gasteiger partial charge in [0.1, 0.15) is 0 Å². The largest absolute Gasteiger partial charge is 0.242 e. The fourth-order valence-electron chi connectivity index (χ4n) is 6.36. The monoisotopic (exact) mass is 533 g/mol. The van der Waals surface area contributed by atoms with E-state index < -0.39 is 11.0 Å². The molecular formula is C33H44NOPS. The van der Waals surface area contributed by atoms with E-state index in [1.807, 2.05) is 0 Å². The summed E-state index contributed by atoms with van der Waals surface area (Å²) < 4.78 is 16.9. The lowest BCUT2D eigenvalue weighted by molar-refractivity contribution is 0.487. The summed E-state index contributed by atoms with van der Waals surface area (Å²) in [5.41, 5.74) is 4.24. The van der Waals surface area contributed by atoms with E-state index in [9.17, 15) is 4.21 Å². The van der Waals surface area contributed by atoms with E-state index in [1.165, 1.54) is 86.1 Å². The van der Waals surface area contributed by atoms with Gasteiger partial charge in [0, 0.05) is 0 Å². The van der Waals surface area contributed by atoms with Crippen LogP contribution in [0.15, 0.2) is 66.7 Å². The zero-order valence-electron chi connectivity index (χ0n) is 22.9. The van der Waals surface area contributed by atoms with Crippen molar-refractivity contribution < 1.29 is 4.21 Å². The molecule has 0 aromatic heterocycles. The summed E-state index contributed by atoms with van der Waals surface area (Å²) in [5.74, 6) is 0. The lowest BCUT2D eigenvalue weighted by Gasteiger charge is -2.40. The van der Waals surface area contributed by atoms with Crippen molar-refractivity contribution in [1.29, 1.82) is 0 Å². The van der Waals surface area contributed by atoms with Crippen molar-refractivity contribution in [3.63, 3.8) is 0 Å². The van der Waals surface area contributed by atoms with Gasteiger partial charge in [0.2, 0.25) is 0 Å². The van der Waals surface area contributed by atoms with Crippen LogP contribution in [0.2, 0.25) is 0 Å². The molecule has 0 saturated heterocycles. The molecule has 2 atom stereocenters. The molecule has 3 aromatic rings. The topological polar surface area (TPSA) is 29.1 Å². The molecule has 3 aromatic carbocycles. The molecule has 2 nitrogen and oxygen atoms in total. The third-order valence-electron chi connectivity index (χ3n) is 8.35. The maximum absolute atomic E-state index is 13.6. The van der Waals surface area contributed by atoms with E-state index in [0.717, 1.165) is 11.3 Å². The minimum atomic E-state index is -1.18. The number of hydrogen-bond acceptors (Lipinski definition) is 1. The smallest absolute Gasteiger partial charge is 0.0979 e. The minimum absolute atomic E-state index is 0.0851. The molecule has 0 radical (unpaired) electrons. The molecular weight excluding hydrogens is 489 g/mol. The van der Waals surface area contributed by atoms with Gasteiger partial charge in [0.15, 0.2) is 0 Å². The predicted octanol–water partition coefficient (Wildman–Crippen LogP) is 8.75. The van der Waals surface area contributed by atoms with E-state index in [1.54, 1.807) is 5.30 Å².